The van der Waals surface area contributed by atoms with Crippen LogP contribution in [0.1, 0.15) is 16.9 Å². The van der Waals surface area contributed by atoms with Gasteiger partial charge < -0.3 is 10.2 Å². The molecule has 1 N–H and O–H groups in total. The van der Waals surface area contributed by atoms with Crippen molar-refractivity contribution in [1.29, 1.82) is 0 Å². The molecule has 0 aliphatic carbocycles. The number of carbonyl (C=O) groups is 2. The Morgan fingerprint density at radius 3 is 2.45 bits per heavy atom. The number of carbonyl (C=O) groups excluding carboxylic acids is 2. The van der Waals surface area contributed by atoms with Gasteiger partial charge in [0, 0.05) is 42.0 Å². The first-order valence-electron chi connectivity index (χ1n) is 9.91. The SMILES string of the molecule is O=C(Cc1cccs1)Nc1ccc(N2CCCN(Cc3cc(F)cc(F)c3)C2=O)cc1. The van der Waals surface area contributed by atoms with E-state index in [1.807, 2.05) is 17.5 Å². The van der Waals surface area contributed by atoms with Gasteiger partial charge in [0.1, 0.15) is 11.6 Å². The number of thiophene rings is 1. The van der Waals surface area contributed by atoms with Crippen LogP contribution >= 0.6 is 11.3 Å². The van der Waals surface area contributed by atoms with E-state index in [4.69, 9.17) is 0 Å². The molecule has 4 rings (SSSR count). The van der Waals surface area contributed by atoms with E-state index in [1.165, 1.54) is 23.5 Å². The first kappa shape index (κ1) is 21.0. The van der Waals surface area contributed by atoms with Crippen LogP contribution in [0.4, 0.5) is 25.0 Å². The number of rotatable bonds is 6. The lowest BCUT2D eigenvalue weighted by molar-refractivity contribution is -0.115. The normalized spacial score (nSPS) is 14.1. The summed E-state index contributed by atoms with van der Waals surface area (Å²) < 4.78 is 26.9. The zero-order valence-corrected chi connectivity index (χ0v) is 17.5. The highest BCUT2D eigenvalue weighted by atomic mass is 32.1. The van der Waals surface area contributed by atoms with Crippen LogP contribution in [0.15, 0.2) is 60.0 Å². The molecule has 0 saturated carbocycles. The highest BCUT2D eigenvalue weighted by Gasteiger charge is 2.27. The third-order valence-electron chi connectivity index (χ3n) is 4.98. The van der Waals surface area contributed by atoms with Crippen LogP contribution < -0.4 is 10.2 Å². The zero-order chi connectivity index (χ0) is 21.8. The molecule has 0 spiro atoms. The van der Waals surface area contributed by atoms with Crippen molar-refractivity contribution in [1.82, 2.24) is 4.90 Å². The van der Waals surface area contributed by atoms with Gasteiger partial charge in [0.2, 0.25) is 5.91 Å². The van der Waals surface area contributed by atoms with E-state index in [2.05, 4.69) is 5.32 Å². The lowest BCUT2D eigenvalue weighted by atomic mass is 10.1. The molecular weight excluding hydrogens is 420 g/mol. The molecule has 0 radical (unpaired) electrons. The molecule has 2 aromatic carbocycles. The van der Waals surface area contributed by atoms with Gasteiger partial charge in [-0.15, -0.1) is 11.3 Å². The molecule has 1 aliphatic heterocycles. The fraction of sp³-hybridized carbons (Fsp3) is 0.217. The van der Waals surface area contributed by atoms with Crippen LogP contribution in [0.25, 0.3) is 0 Å². The molecule has 160 valence electrons. The summed E-state index contributed by atoms with van der Waals surface area (Å²) in [5.74, 6) is -1.42. The van der Waals surface area contributed by atoms with Crippen molar-refractivity contribution in [3.8, 4) is 0 Å². The minimum absolute atomic E-state index is 0.0993. The summed E-state index contributed by atoms with van der Waals surface area (Å²) in [6, 6.07) is 14.0. The number of urea groups is 1. The van der Waals surface area contributed by atoms with Crippen molar-refractivity contribution in [2.45, 2.75) is 19.4 Å². The molecule has 8 heteroatoms. The lowest BCUT2D eigenvalue weighted by Gasteiger charge is -2.35. The largest absolute Gasteiger partial charge is 0.326 e. The quantitative estimate of drug-likeness (QED) is 0.583. The monoisotopic (exact) mass is 441 g/mol. The summed E-state index contributed by atoms with van der Waals surface area (Å²) in [6.07, 6.45) is 1.06. The highest BCUT2D eigenvalue weighted by Crippen LogP contribution is 2.24. The van der Waals surface area contributed by atoms with E-state index in [-0.39, 0.29) is 18.5 Å². The van der Waals surface area contributed by atoms with E-state index in [0.29, 0.717) is 36.4 Å². The number of halogens is 2. The standard InChI is InChI=1S/C23H21F2N3O2S/c24-17-11-16(12-18(25)13-17)15-27-8-2-9-28(23(27)30)20-6-4-19(5-7-20)26-22(29)14-21-3-1-10-31-21/h1,3-7,10-13H,2,8-9,14-15H2,(H,26,29). The van der Waals surface area contributed by atoms with Crippen molar-refractivity contribution in [3.63, 3.8) is 0 Å². The average molecular weight is 442 g/mol. The Morgan fingerprint density at radius 1 is 1.03 bits per heavy atom. The van der Waals surface area contributed by atoms with Gasteiger partial charge in [0.15, 0.2) is 0 Å². The molecule has 1 fully saturated rings. The summed E-state index contributed by atoms with van der Waals surface area (Å²) in [6.45, 7) is 1.21. The molecule has 3 aromatic rings. The van der Waals surface area contributed by atoms with E-state index >= 15 is 0 Å². The zero-order valence-electron chi connectivity index (χ0n) is 16.7. The molecule has 3 amide bonds. The Balaban J connectivity index is 1.40. The number of hydrogen-bond donors (Lipinski definition) is 1. The van der Waals surface area contributed by atoms with Crippen molar-refractivity contribution in [2.24, 2.45) is 0 Å². The molecule has 1 saturated heterocycles. The second-order valence-corrected chi connectivity index (χ2v) is 8.37. The van der Waals surface area contributed by atoms with Crippen molar-refractivity contribution < 1.29 is 18.4 Å². The van der Waals surface area contributed by atoms with Gasteiger partial charge in [0.05, 0.1) is 6.42 Å². The minimum atomic E-state index is -0.659. The summed E-state index contributed by atoms with van der Waals surface area (Å²) in [5, 5.41) is 4.79. The average Bonchev–Trinajstić information content (AvgIpc) is 3.22. The predicted molar refractivity (Wildman–Crippen MR) is 117 cm³/mol. The first-order chi connectivity index (χ1) is 15.0. The molecule has 0 bridgehead atoms. The molecule has 0 atom stereocenters. The molecule has 31 heavy (non-hydrogen) atoms. The van der Waals surface area contributed by atoms with Gasteiger partial charge in [-0.2, -0.15) is 0 Å². The van der Waals surface area contributed by atoms with E-state index in [9.17, 15) is 18.4 Å². The van der Waals surface area contributed by atoms with Gasteiger partial charge in [-0.3, -0.25) is 9.69 Å². The van der Waals surface area contributed by atoms with Gasteiger partial charge in [-0.05, 0) is 59.8 Å². The number of nitrogens with one attached hydrogen (secondary N) is 1. The second kappa shape index (κ2) is 9.26. The summed E-state index contributed by atoms with van der Waals surface area (Å²) >= 11 is 1.53. The maximum absolute atomic E-state index is 13.5. The highest BCUT2D eigenvalue weighted by molar-refractivity contribution is 7.10. The van der Waals surface area contributed by atoms with Crippen molar-refractivity contribution in [2.75, 3.05) is 23.3 Å². The number of hydrogen-bond acceptors (Lipinski definition) is 3. The molecule has 1 aromatic heterocycles. The summed E-state index contributed by atoms with van der Waals surface area (Å²) in [5.41, 5.74) is 1.77. The van der Waals surface area contributed by atoms with Crippen LogP contribution in [0.3, 0.4) is 0 Å². The van der Waals surface area contributed by atoms with Crippen molar-refractivity contribution >= 4 is 34.6 Å². The number of benzene rings is 2. The lowest BCUT2D eigenvalue weighted by Crippen LogP contribution is -2.49. The van der Waals surface area contributed by atoms with Gasteiger partial charge >= 0.3 is 6.03 Å². The summed E-state index contributed by atoms with van der Waals surface area (Å²) in [4.78, 5) is 29.3. The molecule has 2 heterocycles. The number of amides is 3. The van der Waals surface area contributed by atoms with Crippen LogP contribution in [0.2, 0.25) is 0 Å². The number of anilines is 2. The van der Waals surface area contributed by atoms with Gasteiger partial charge in [0.25, 0.3) is 0 Å². The summed E-state index contributed by atoms with van der Waals surface area (Å²) in [7, 11) is 0. The fourth-order valence-electron chi connectivity index (χ4n) is 3.59. The Kier molecular flexibility index (Phi) is 6.27. The minimum Gasteiger partial charge on any atom is -0.326 e. The Morgan fingerprint density at radius 2 is 1.77 bits per heavy atom. The van der Waals surface area contributed by atoms with Crippen LogP contribution in [-0.2, 0) is 17.8 Å². The van der Waals surface area contributed by atoms with E-state index in [1.54, 1.807) is 34.1 Å². The smallest absolute Gasteiger partial charge is 0.324 e. The molecule has 0 unspecified atom stereocenters. The Hall–Kier alpha value is -3.26. The maximum atomic E-state index is 13.5. The van der Waals surface area contributed by atoms with Crippen LogP contribution in [0.5, 0.6) is 0 Å². The van der Waals surface area contributed by atoms with E-state index < -0.39 is 11.6 Å². The Labute approximate surface area is 182 Å². The van der Waals surface area contributed by atoms with Crippen LogP contribution in [0, 0.1) is 11.6 Å². The third kappa shape index (κ3) is 5.27. The van der Waals surface area contributed by atoms with Crippen molar-refractivity contribution in [3.05, 3.63) is 82.1 Å². The second-order valence-electron chi connectivity index (χ2n) is 7.34. The third-order valence-corrected chi connectivity index (χ3v) is 5.86. The molecule has 1 aliphatic rings. The Bertz CT molecular complexity index is 1050. The fourth-order valence-corrected chi connectivity index (χ4v) is 4.30. The van der Waals surface area contributed by atoms with E-state index in [0.717, 1.165) is 17.4 Å². The molecular formula is C23H21F2N3O2S. The topological polar surface area (TPSA) is 52.7 Å². The van der Waals surface area contributed by atoms with Gasteiger partial charge in [-0.25, -0.2) is 13.6 Å². The first-order valence-corrected chi connectivity index (χ1v) is 10.8. The molecule has 5 nitrogen and oxygen atoms in total. The number of nitrogens with zero attached hydrogens (tertiary/aromatic N) is 2. The predicted octanol–water partition coefficient (Wildman–Crippen LogP) is 5.04. The maximum Gasteiger partial charge on any atom is 0.324 e. The van der Waals surface area contributed by atoms with Gasteiger partial charge in [-0.1, -0.05) is 6.07 Å². The van der Waals surface area contributed by atoms with Crippen LogP contribution in [-0.4, -0.2) is 29.9 Å².